The summed E-state index contributed by atoms with van der Waals surface area (Å²) >= 11 is 0. The molecule has 0 saturated heterocycles. The minimum absolute atomic E-state index is 0.572. The Morgan fingerprint density at radius 2 is 1.94 bits per heavy atom. The molecule has 1 atom stereocenters. The summed E-state index contributed by atoms with van der Waals surface area (Å²) < 4.78 is 5.13. The second kappa shape index (κ2) is 9.12. The summed E-state index contributed by atoms with van der Waals surface area (Å²) in [6, 6.07) is 9.45. The van der Waals surface area contributed by atoms with E-state index in [1.807, 2.05) is 0 Å². The molecule has 18 heavy (non-hydrogen) atoms. The largest absolute Gasteiger partial charge is 0.385 e. The SMILES string of the molecule is CCCNC(CCCOC)Cc1ccc(C)cc1. The zero-order valence-electron chi connectivity index (χ0n) is 12.0. The lowest BCUT2D eigenvalue weighted by atomic mass is 10.0. The predicted molar refractivity (Wildman–Crippen MR) is 78.1 cm³/mol. The van der Waals surface area contributed by atoms with Crippen LogP contribution >= 0.6 is 0 Å². The molecule has 0 amide bonds. The number of rotatable bonds is 9. The standard InChI is InChI=1S/C16H27NO/c1-4-11-17-16(6-5-12-18-3)13-15-9-7-14(2)8-10-15/h7-10,16-17H,4-6,11-13H2,1-3H3. The van der Waals surface area contributed by atoms with Crippen molar-refractivity contribution in [2.45, 2.75) is 45.6 Å². The van der Waals surface area contributed by atoms with E-state index in [0.29, 0.717) is 6.04 Å². The van der Waals surface area contributed by atoms with Crippen molar-refractivity contribution < 1.29 is 4.74 Å². The number of hydrogen-bond donors (Lipinski definition) is 1. The summed E-state index contributed by atoms with van der Waals surface area (Å²) in [4.78, 5) is 0. The van der Waals surface area contributed by atoms with E-state index in [2.05, 4.69) is 43.4 Å². The van der Waals surface area contributed by atoms with Crippen LogP contribution in [0.1, 0.15) is 37.3 Å². The van der Waals surface area contributed by atoms with Crippen molar-refractivity contribution in [3.8, 4) is 0 Å². The fourth-order valence-electron chi connectivity index (χ4n) is 2.11. The average Bonchev–Trinajstić information content (AvgIpc) is 2.38. The van der Waals surface area contributed by atoms with E-state index < -0.39 is 0 Å². The lowest BCUT2D eigenvalue weighted by Crippen LogP contribution is -2.32. The Bertz CT molecular complexity index is 307. The first-order chi connectivity index (χ1) is 8.76. The van der Waals surface area contributed by atoms with Crippen LogP contribution in [0.5, 0.6) is 0 Å². The maximum atomic E-state index is 5.13. The minimum atomic E-state index is 0.572. The van der Waals surface area contributed by atoms with Crippen LogP contribution < -0.4 is 5.32 Å². The van der Waals surface area contributed by atoms with Crippen LogP contribution in [0.15, 0.2) is 24.3 Å². The Morgan fingerprint density at radius 3 is 2.56 bits per heavy atom. The van der Waals surface area contributed by atoms with Crippen molar-refractivity contribution in [2.24, 2.45) is 0 Å². The third kappa shape index (κ3) is 6.18. The van der Waals surface area contributed by atoms with Crippen molar-refractivity contribution in [2.75, 3.05) is 20.3 Å². The molecule has 0 aliphatic heterocycles. The van der Waals surface area contributed by atoms with Crippen LogP contribution in [0.4, 0.5) is 0 Å². The molecule has 2 heteroatoms. The van der Waals surface area contributed by atoms with Gasteiger partial charge < -0.3 is 10.1 Å². The van der Waals surface area contributed by atoms with Crippen molar-refractivity contribution in [3.05, 3.63) is 35.4 Å². The molecule has 0 spiro atoms. The number of ether oxygens (including phenoxy) is 1. The summed E-state index contributed by atoms with van der Waals surface area (Å²) in [5, 5.41) is 3.64. The van der Waals surface area contributed by atoms with Gasteiger partial charge in [0.2, 0.25) is 0 Å². The van der Waals surface area contributed by atoms with Crippen LogP contribution in [0.3, 0.4) is 0 Å². The lowest BCUT2D eigenvalue weighted by molar-refractivity contribution is 0.188. The van der Waals surface area contributed by atoms with Crippen LogP contribution in [0.25, 0.3) is 0 Å². The quantitative estimate of drug-likeness (QED) is 0.678. The van der Waals surface area contributed by atoms with E-state index in [4.69, 9.17) is 4.74 Å². The Balaban J connectivity index is 2.45. The lowest BCUT2D eigenvalue weighted by Gasteiger charge is -2.18. The van der Waals surface area contributed by atoms with E-state index in [-0.39, 0.29) is 0 Å². The third-order valence-corrected chi connectivity index (χ3v) is 3.19. The first-order valence-electron chi connectivity index (χ1n) is 7.04. The topological polar surface area (TPSA) is 21.3 Å². The predicted octanol–water partition coefficient (Wildman–Crippen LogP) is 3.33. The van der Waals surface area contributed by atoms with Crippen LogP contribution in [0.2, 0.25) is 0 Å². The third-order valence-electron chi connectivity index (χ3n) is 3.19. The molecule has 1 aromatic rings. The monoisotopic (exact) mass is 249 g/mol. The molecule has 0 fully saturated rings. The Kier molecular flexibility index (Phi) is 7.70. The smallest absolute Gasteiger partial charge is 0.0462 e. The average molecular weight is 249 g/mol. The van der Waals surface area contributed by atoms with Crippen LogP contribution in [-0.2, 0) is 11.2 Å². The highest BCUT2D eigenvalue weighted by Gasteiger charge is 2.08. The fourth-order valence-corrected chi connectivity index (χ4v) is 2.11. The molecule has 0 aromatic heterocycles. The molecular weight excluding hydrogens is 222 g/mol. The van der Waals surface area contributed by atoms with Gasteiger partial charge in [0.1, 0.15) is 0 Å². The van der Waals surface area contributed by atoms with Gasteiger partial charge in [0.05, 0.1) is 0 Å². The van der Waals surface area contributed by atoms with E-state index in [1.165, 1.54) is 24.0 Å². The molecule has 0 bridgehead atoms. The molecular formula is C16H27NO. The molecule has 102 valence electrons. The minimum Gasteiger partial charge on any atom is -0.385 e. The number of hydrogen-bond acceptors (Lipinski definition) is 2. The van der Waals surface area contributed by atoms with Gasteiger partial charge in [-0.15, -0.1) is 0 Å². The summed E-state index contributed by atoms with van der Waals surface area (Å²) in [6.07, 6.45) is 4.62. The zero-order chi connectivity index (χ0) is 13.2. The van der Waals surface area contributed by atoms with Crippen molar-refractivity contribution in [1.82, 2.24) is 5.32 Å². The van der Waals surface area contributed by atoms with Gasteiger partial charge in [0.15, 0.2) is 0 Å². The Morgan fingerprint density at radius 1 is 1.22 bits per heavy atom. The fraction of sp³-hybridized carbons (Fsp3) is 0.625. The molecule has 1 unspecified atom stereocenters. The molecule has 1 N–H and O–H groups in total. The molecule has 0 heterocycles. The van der Waals surface area contributed by atoms with Gasteiger partial charge in [-0.1, -0.05) is 36.8 Å². The van der Waals surface area contributed by atoms with E-state index in [9.17, 15) is 0 Å². The molecule has 0 aliphatic rings. The van der Waals surface area contributed by atoms with Gasteiger partial charge in [-0.25, -0.2) is 0 Å². The highest BCUT2D eigenvalue weighted by molar-refractivity contribution is 5.22. The summed E-state index contributed by atoms with van der Waals surface area (Å²) in [6.45, 7) is 6.31. The second-order valence-corrected chi connectivity index (χ2v) is 4.98. The molecule has 2 nitrogen and oxygen atoms in total. The normalized spacial score (nSPS) is 12.6. The highest BCUT2D eigenvalue weighted by atomic mass is 16.5. The summed E-state index contributed by atoms with van der Waals surface area (Å²) in [7, 11) is 1.77. The van der Waals surface area contributed by atoms with Gasteiger partial charge >= 0.3 is 0 Å². The van der Waals surface area contributed by atoms with E-state index in [0.717, 1.165) is 26.0 Å². The number of methoxy groups -OCH3 is 1. The second-order valence-electron chi connectivity index (χ2n) is 4.98. The maximum Gasteiger partial charge on any atom is 0.0462 e. The number of aryl methyl sites for hydroxylation is 1. The van der Waals surface area contributed by atoms with Crippen LogP contribution in [0, 0.1) is 6.92 Å². The number of nitrogens with one attached hydrogen (secondary N) is 1. The molecule has 1 aromatic carbocycles. The first kappa shape index (κ1) is 15.2. The Hall–Kier alpha value is -0.860. The van der Waals surface area contributed by atoms with E-state index in [1.54, 1.807) is 7.11 Å². The molecule has 0 aliphatic carbocycles. The van der Waals surface area contributed by atoms with Gasteiger partial charge in [0.25, 0.3) is 0 Å². The van der Waals surface area contributed by atoms with Crippen LogP contribution in [-0.4, -0.2) is 26.3 Å². The van der Waals surface area contributed by atoms with Gasteiger partial charge in [0, 0.05) is 19.8 Å². The summed E-state index contributed by atoms with van der Waals surface area (Å²) in [5.41, 5.74) is 2.75. The van der Waals surface area contributed by atoms with Gasteiger partial charge in [-0.3, -0.25) is 0 Å². The molecule has 0 radical (unpaired) electrons. The number of benzene rings is 1. The van der Waals surface area contributed by atoms with Gasteiger partial charge in [-0.2, -0.15) is 0 Å². The molecule has 1 rings (SSSR count). The summed E-state index contributed by atoms with van der Waals surface area (Å²) in [5.74, 6) is 0. The Labute approximate surface area is 112 Å². The first-order valence-corrected chi connectivity index (χ1v) is 7.04. The van der Waals surface area contributed by atoms with Crippen molar-refractivity contribution >= 4 is 0 Å². The van der Waals surface area contributed by atoms with Crippen molar-refractivity contribution in [1.29, 1.82) is 0 Å². The molecule has 0 saturated carbocycles. The van der Waals surface area contributed by atoms with Crippen molar-refractivity contribution in [3.63, 3.8) is 0 Å². The van der Waals surface area contributed by atoms with E-state index >= 15 is 0 Å². The van der Waals surface area contributed by atoms with Gasteiger partial charge in [-0.05, 0) is 44.7 Å². The highest BCUT2D eigenvalue weighted by Crippen LogP contribution is 2.09. The maximum absolute atomic E-state index is 5.13. The zero-order valence-corrected chi connectivity index (χ0v) is 12.0.